The Balaban J connectivity index is 2.16. The first kappa shape index (κ1) is 10.0. The Bertz CT molecular complexity index is 221. The number of unbranched alkanes of at least 4 members (excludes halogenated alkanes) is 1. The first-order chi connectivity index (χ1) is 6.25. The molecule has 0 spiro atoms. The van der Waals surface area contributed by atoms with Crippen molar-refractivity contribution in [2.24, 2.45) is 0 Å². The van der Waals surface area contributed by atoms with Crippen LogP contribution in [0.25, 0.3) is 0 Å². The number of likely N-dealkylation sites (tertiary alicyclic amines) is 1. The Morgan fingerprint density at radius 1 is 1.77 bits per heavy atom. The molecule has 72 valence electrons. The van der Waals surface area contributed by atoms with E-state index in [-0.39, 0.29) is 11.9 Å². The lowest BCUT2D eigenvalue weighted by Gasteiger charge is -2.11. The molecule has 0 aromatic heterocycles. The van der Waals surface area contributed by atoms with E-state index in [4.69, 9.17) is 5.26 Å². The van der Waals surface area contributed by atoms with Crippen LogP contribution in [0.1, 0.15) is 19.3 Å². The van der Waals surface area contributed by atoms with Gasteiger partial charge in [0.05, 0.1) is 12.1 Å². The molecule has 1 saturated heterocycles. The summed E-state index contributed by atoms with van der Waals surface area (Å²) >= 11 is 0. The van der Waals surface area contributed by atoms with Gasteiger partial charge in [-0.3, -0.25) is 4.79 Å². The van der Waals surface area contributed by atoms with Crippen molar-refractivity contribution in [3.05, 3.63) is 0 Å². The molecule has 13 heavy (non-hydrogen) atoms. The van der Waals surface area contributed by atoms with Gasteiger partial charge in [0.2, 0.25) is 5.91 Å². The molecule has 1 amide bonds. The molecule has 1 unspecified atom stereocenters. The van der Waals surface area contributed by atoms with Crippen LogP contribution < -0.4 is 5.32 Å². The van der Waals surface area contributed by atoms with Gasteiger partial charge in [-0.1, -0.05) is 0 Å². The number of amides is 1. The average Bonchev–Trinajstić information content (AvgIpc) is 2.43. The van der Waals surface area contributed by atoms with Gasteiger partial charge in [0, 0.05) is 20.0 Å². The summed E-state index contributed by atoms with van der Waals surface area (Å²) in [5.74, 6) is 0.178. The largest absolute Gasteiger partial charge is 0.344 e. The van der Waals surface area contributed by atoms with Crippen molar-refractivity contribution in [3.63, 3.8) is 0 Å². The third-order valence-corrected chi connectivity index (χ3v) is 2.28. The third-order valence-electron chi connectivity index (χ3n) is 2.28. The zero-order valence-corrected chi connectivity index (χ0v) is 7.92. The average molecular weight is 181 g/mol. The number of rotatable bonds is 4. The van der Waals surface area contributed by atoms with Crippen LogP contribution in [0.4, 0.5) is 0 Å². The fraction of sp³-hybridized carbons (Fsp3) is 0.778. The molecule has 1 aliphatic heterocycles. The zero-order chi connectivity index (χ0) is 9.68. The maximum atomic E-state index is 11.4. The van der Waals surface area contributed by atoms with Crippen LogP contribution in [0.3, 0.4) is 0 Å². The van der Waals surface area contributed by atoms with Crippen LogP contribution >= 0.6 is 0 Å². The molecule has 0 saturated carbocycles. The number of hydrogen-bond acceptors (Lipinski definition) is 3. The Kier molecular flexibility index (Phi) is 3.71. The number of nitriles is 1. The highest BCUT2D eigenvalue weighted by Gasteiger charge is 2.27. The molecule has 0 radical (unpaired) electrons. The summed E-state index contributed by atoms with van der Waals surface area (Å²) < 4.78 is 0. The molecule has 1 heterocycles. The maximum Gasteiger partial charge on any atom is 0.239 e. The van der Waals surface area contributed by atoms with Crippen molar-refractivity contribution in [2.45, 2.75) is 25.3 Å². The van der Waals surface area contributed by atoms with Crippen molar-refractivity contribution in [2.75, 3.05) is 20.1 Å². The van der Waals surface area contributed by atoms with Crippen LogP contribution in [0.2, 0.25) is 0 Å². The molecule has 1 rings (SSSR count). The predicted octanol–water partition coefficient (Wildman–Crippen LogP) is 0.110. The monoisotopic (exact) mass is 181 g/mol. The second-order valence-corrected chi connectivity index (χ2v) is 3.32. The van der Waals surface area contributed by atoms with E-state index in [1.807, 2.05) is 7.05 Å². The minimum atomic E-state index is -0.0105. The van der Waals surface area contributed by atoms with Crippen LogP contribution in [0.15, 0.2) is 0 Å². The van der Waals surface area contributed by atoms with E-state index in [0.29, 0.717) is 6.42 Å². The summed E-state index contributed by atoms with van der Waals surface area (Å²) in [6, 6.07) is 2.07. The van der Waals surface area contributed by atoms with Gasteiger partial charge < -0.3 is 10.2 Å². The van der Waals surface area contributed by atoms with Crippen LogP contribution in [0.5, 0.6) is 0 Å². The van der Waals surface area contributed by atoms with Gasteiger partial charge in [-0.2, -0.15) is 5.26 Å². The molecule has 4 heteroatoms. The van der Waals surface area contributed by atoms with E-state index < -0.39 is 0 Å². The molecule has 0 aromatic carbocycles. The standard InChI is InChI=1S/C9H15N3O/c1-12-7-4-8(9(12)13)11-6-3-2-5-10/h8,11H,2-4,6-7H2,1H3. The molecule has 1 fully saturated rings. The number of hydrogen-bond donors (Lipinski definition) is 1. The number of likely N-dealkylation sites (N-methyl/N-ethyl adjacent to an activating group) is 1. The fourth-order valence-corrected chi connectivity index (χ4v) is 1.46. The zero-order valence-electron chi connectivity index (χ0n) is 7.92. The molecule has 1 aliphatic rings. The molecular weight excluding hydrogens is 166 g/mol. The van der Waals surface area contributed by atoms with E-state index in [1.54, 1.807) is 4.90 Å². The van der Waals surface area contributed by atoms with Gasteiger partial charge in [0.1, 0.15) is 0 Å². The Hall–Kier alpha value is -1.08. The van der Waals surface area contributed by atoms with Gasteiger partial charge in [0.25, 0.3) is 0 Å². The van der Waals surface area contributed by atoms with Crippen molar-refractivity contribution in [1.29, 1.82) is 5.26 Å². The third kappa shape index (κ3) is 2.71. The van der Waals surface area contributed by atoms with Crippen LogP contribution in [0, 0.1) is 11.3 Å². The molecule has 0 aliphatic carbocycles. The Morgan fingerprint density at radius 3 is 3.08 bits per heavy atom. The highest BCUT2D eigenvalue weighted by atomic mass is 16.2. The van der Waals surface area contributed by atoms with Gasteiger partial charge >= 0.3 is 0 Å². The van der Waals surface area contributed by atoms with Gasteiger partial charge in [-0.15, -0.1) is 0 Å². The smallest absolute Gasteiger partial charge is 0.239 e. The molecule has 0 aromatic rings. The van der Waals surface area contributed by atoms with Crippen molar-refractivity contribution >= 4 is 5.91 Å². The first-order valence-electron chi connectivity index (χ1n) is 4.61. The van der Waals surface area contributed by atoms with Crippen molar-refractivity contribution in [1.82, 2.24) is 10.2 Å². The SMILES string of the molecule is CN1CCC(NCCCC#N)C1=O. The summed E-state index contributed by atoms with van der Waals surface area (Å²) in [4.78, 5) is 13.1. The second-order valence-electron chi connectivity index (χ2n) is 3.32. The van der Waals surface area contributed by atoms with Gasteiger partial charge in [-0.05, 0) is 19.4 Å². The highest BCUT2D eigenvalue weighted by molar-refractivity contribution is 5.83. The predicted molar refractivity (Wildman–Crippen MR) is 48.9 cm³/mol. The lowest BCUT2D eigenvalue weighted by Crippen LogP contribution is -2.37. The first-order valence-corrected chi connectivity index (χ1v) is 4.61. The van der Waals surface area contributed by atoms with E-state index in [9.17, 15) is 4.79 Å². The molecule has 4 nitrogen and oxygen atoms in total. The summed E-state index contributed by atoms with van der Waals surface area (Å²) in [5, 5.41) is 11.5. The summed E-state index contributed by atoms with van der Waals surface area (Å²) in [7, 11) is 1.82. The molecule has 1 atom stereocenters. The van der Waals surface area contributed by atoms with Crippen molar-refractivity contribution in [3.8, 4) is 6.07 Å². The van der Waals surface area contributed by atoms with Crippen LogP contribution in [-0.2, 0) is 4.79 Å². The molecule has 0 bridgehead atoms. The molecule has 1 N–H and O–H groups in total. The summed E-state index contributed by atoms with van der Waals surface area (Å²) in [6.45, 7) is 1.60. The summed E-state index contributed by atoms with van der Waals surface area (Å²) in [6.07, 6.45) is 2.27. The van der Waals surface area contributed by atoms with Gasteiger partial charge in [0.15, 0.2) is 0 Å². The second kappa shape index (κ2) is 4.83. The number of nitrogens with zero attached hydrogens (tertiary/aromatic N) is 2. The molecular formula is C9H15N3O. The lowest BCUT2D eigenvalue weighted by atomic mass is 10.2. The minimum Gasteiger partial charge on any atom is -0.344 e. The number of carbonyl (C=O) groups is 1. The number of nitrogens with one attached hydrogen (secondary N) is 1. The maximum absolute atomic E-state index is 11.4. The lowest BCUT2D eigenvalue weighted by molar-refractivity contribution is -0.128. The minimum absolute atomic E-state index is 0.0105. The van der Waals surface area contributed by atoms with E-state index in [2.05, 4.69) is 11.4 Å². The van der Waals surface area contributed by atoms with Gasteiger partial charge in [-0.25, -0.2) is 0 Å². The number of carbonyl (C=O) groups excluding carboxylic acids is 1. The van der Waals surface area contributed by atoms with Crippen LogP contribution in [-0.4, -0.2) is 37.0 Å². The van der Waals surface area contributed by atoms with E-state index >= 15 is 0 Å². The van der Waals surface area contributed by atoms with Crippen molar-refractivity contribution < 1.29 is 4.79 Å². The quantitative estimate of drug-likeness (QED) is 0.626. The highest BCUT2D eigenvalue weighted by Crippen LogP contribution is 2.07. The van der Waals surface area contributed by atoms with E-state index in [1.165, 1.54) is 0 Å². The Morgan fingerprint density at radius 2 is 2.54 bits per heavy atom. The normalized spacial score (nSPS) is 22.0. The topological polar surface area (TPSA) is 56.1 Å². The fourth-order valence-electron chi connectivity index (χ4n) is 1.46. The Labute approximate surface area is 78.5 Å². The summed E-state index contributed by atoms with van der Waals surface area (Å²) in [5.41, 5.74) is 0. The van der Waals surface area contributed by atoms with E-state index in [0.717, 1.165) is 25.9 Å².